The molecule has 0 unspecified atom stereocenters. The summed E-state index contributed by atoms with van der Waals surface area (Å²) in [4.78, 5) is 2.45. The molecule has 0 bridgehead atoms. The van der Waals surface area contributed by atoms with E-state index in [2.05, 4.69) is 204 Å². The molecule has 0 aliphatic heterocycles. The van der Waals surface area contributed by atoms with Crippen LogP contribution < -0.4 is 4.90 Å². The van der Waals surface area contributed by atoms with Crippen molar-refractivity contribution in [1.82, 2.24) is 4.57 Å². The number of fused-ring (bicyclic) bond motifs is 8. The third-order valence-corrected chi connectivity index (χ3v) is 10.1. The van der Waals surface area contributed by atoms with Gasteiger partial charge in [0.05, 0.1) is 16.7 Å². The van der Waals surface area contributed by atoms with Gasteiger partial charge in [0.15, 0.2) is 0 Å². The number of hydrogen-bond acceptors (Lipinski definition) is 1. The van der Waals surface area contributed by atoms with E-state index < -0.39 is 0 Å². The van der Waals surface area contributed by atoms with Gasteiger partial charge in [0, 0.05) is 27.8 Å². The highest BCUT2D eigenvalue weighted by molar-refractivity contribution is 6.21. The molecule has 0 saturated heterocycles. The first-order valence-electron chi connectivity index (χ1n) is 17.2. The zero-order valence-electron chi connectivity index (χ0n) is 27.4. The van der Waals surface area contributed by atoms with Crippen molar-refractivity contribution >= 4 is 71.2 Å². The van der Waals surface area contributed by atoms with Crippen molar-refractivity contribution in [2.24, 2.45) is 0 Å². The number of anilines is 3. The summed E-state index contributed by atoms with van der Waals surface area (Å²) in [5, 5.41) is 10.0. The summed E-state index contributed by atoms with van der Waals surface area (Å²) in [6.07, 6.45) is 0. The molecular formula is C48H32N2. The lowest BCUT2D eigenvalue weighted by Crippen LogP contribution is -2.10. The van der Waals surface area contributed by atoms with E-state index in [-0.39, 0.29) is 0 Å². The van der Waals surface area contributed by atoms with Crippen LogP contribution in [0, 0.1) is 0 Å². The Bertz CT molecular complexity index is 2840. The second kappa shape index (κ2) is 11.5. The number of nitrogens with zero attached hydrogens (tertiary/aromatic N) is 2. The quantitative estimate of drug-likeness (QED) is 0.171. The Labute approximate surface area is 290 Å². The van der Waals surface area contributed by atoms with E-state index in [4.69, 9.17) is 0 Å². The summed E-state index contributed by atoms with van der Waals surface area (Å²) in [5.74, 6) is 0. The third kappa shape index (κ3) is 4.50. The van der Waals surface area contributed by atoms with Crippen LogP contribution in [0.4, 0.5) is 17.1 Å². The first-order valence-corrected chi connectivity index (χ1v) is 17.2. The Morgan fingerprint density at radius 3 is 1.72 bits per heavy atom. The maximum Gasteiger partial charge on any atom is 0.0562 e. The maximum absolute atomic E-state index is 2.45. The van der Waals surface area contributed by atoms with Crippen LogP contribution in [0.25, 0.3) is 70.9 Å². The Balaban J connectivity index is 1.27. The molecule has 0 amide bonds. The molecule has 0 radical (unpaired) electrons. The van der Waals surface area contributed by atoms with E-state index in [1.807, 2.05) is 0 Å². The second-order valence-corrected chi connectivity index (χ2v) is 13.0. The van der Waals surface area contributed by atoms with Crippen LogP contribution in [0.1, 0.15) is 0 Å². The van der Waals surface area contributed by atoms with Gasteiger partial charge < -0.3 is 9.47 Å². The zero-order valence-corrected chi connectivity index (χ0v) is 27.4. The molecule has 0 saturated carbocycles. The monoisotopic (exact) mass is 636 g/mol. The summed E-state index contributed by atoms with van der Waals surface area (Å²) in [6.45, 7) is 0. The molecule has 234 valence electrons. The summed E-state index contributed by atoms with van der Waals surface area (Å²) >= 11 is 0. The number of aromatic nitrogens is 1. The van der Waals surface area contributed by atoms with Gasteiger partial charge >= 0.3 is 0 Å². The smallest absolute Gasteiger partial charge is 0.0562 e. The minimum atomic E-state index is 1.11. The van der Waals surface area contributed by atoms with Crippen molar-refractivity contribution in [1.29, 1.82) is 0 Å². The van der Waals surface area contributed by atoms with Crippen LogP contribution >= 0.6 is 0 Å². The zero-order chi connectivity index (χ0) is 33.0. The number of benzene rings is 9. The molecule has 0 spiro atoms. The van der Waals surface area contributed by atoms with Crippen LogP contribution in [-0.2, 0) is 0 Å². The molecule has 0 aliphatic carbocycles. The van der Waals surface area contributed by atoms with Gasteiger partial charge in [0.25, 0.3) is 0 Å². The molecule has 0 fully saturated rings. The average molecular weight is 637 g/mol. The second-order valence-electron chi connectivity index (χ2n) is 13.0. The van der Waals surface area contributed by atoms with Crippen LogP contribution in [0.15, 0.2) is 194 Å². The highest BCUT2D eigenvalue weighted by Crippen LogP contribution is 2.45. The fraction of sp³-hybridized carbons (Fsp3) is 0. The molecule has 1 aromatic heterocycles. The topological polar surface area (TPSA) is 8.17 Å². The van der Waals surface area contributed by atoms with Crippen molar-refractivity contribution in [3.05, 3.63) is 194 Å². The number of para-hydroxylation sites is 2. The molecular weight excluding hydrogens is 605 g/mol. The first kappa shape index (κ1) is 28.4. The van der Waals surface area contributed by atoms with Crippen molar-refractivity contribution in [2.45, 2.75) is 0 Å². The summed E-state index contributed by atoms with van der Waals surface area (Å²) in [6, 6.07) is 70.5. The normalized spacial score (nSPS) is 11.6. The van der Waals surface area contributed by atoms with Gasteiger partial charge in [-0.3, -0.25) is 0 Å². The van der Waals surface area contributed by atoms with Crippen molar-refractivity contribution in [3.8, 4) is 16.8 Å². The largest absolute Gasteiger partial charge is 0.310 e. The van der Waals surface area contributed by atoms with Crippen LogP contribution in [0.2, 0.25) is 0 Å². The molecule has 2 nitrogen and oxygen atoms in total. The van der Waals surface area contributed by atoms with Crippen LogP contribution in [0.3, 0.4) is 0 Å². The van der Waals surface area contributed by atoms with E-state index in [0.717, 1.165) is 22.7 Å². The fourth-order valence-electron chi connectivity index (χ4n) is 7.86. The molecule has 10 rings (SSSR count). The number of hydrogen-bond donors (Lipinski definition) is 0. The van der Waals surface area contributed by atoms with Crippen molar-refractivity contribution in [2.75, 3.05) is 4.90 Å². The van der Waals surface area contributed by atoms with E-state index in [9.17, 15) is 0 Å². The standard InChI is InChI=1S/C48H32N2/c1-3-12-33(13-4-1)34-26-29-39(30-27-34)49(40-31-28-36-23-25-37-24-22-35-14-7-8-17-41(35)47(37)43(36)32-40)45-20-11-21-46-48(45)42-18-9-10-19-44(42)50(46)38-15-5-2-6-16-38/h1-32H. The van der Waals surface area contributed by atoms with Gasteiger partial charge in [0.1, 0.15) is 0 Å². The lowest BCUT2D eigenvalue weighted by Gasteiger charge is -2.27. The Morgan fingerprint density at radius 2 is 0.920 bits per heavy atom. The third-order valence-electron chi connectivity index (χ3n) is 10.1. The van der Waals surface area contributed by atoms with Crippen molar-refractivity contribution < 1.29 is 0 Å². The fourth-order valence-corrected chi connectivity index (χ4v) is 7.86. The highest BCUT2D eigenvalue weighted by atomic mass is 15.1. The molecule has 2 heteroatoms. The summed E-state index contributed by atoms with van der Waals surface area (Å²) in [7, 11) is 0. The van der Waals surface area contributed by atoms with Gasteiger partial charge in [-0.25, -0.2) is 0 Å². The van der Waals surface area contributed by atoms with Gasteiger partial charge in [-0.15, -0.1) is 0 Å². The average Bonchev–Trinajstić information content (AvgIpc) is 3.54. The van der Waals surface area contributed by atoms with E-state index in [1.165, 1.54) is 65.3 Å². The van der Waals surface area contributed by atoms with Crippen molar-refractivity contribution in [3.63, 3.8) is 0 Å². The lowest BCUT2D eigenvalue weighted by atomic mass is 9.96. The minimum Gasteiger partial charge on any atom is -0.310 e. The maximum atomic E-state index is 2.45. The van der Waals surface area contributed by atoms with Gasteiger partial charge in [-0.2, -0.15) is 0 Å². The predicted octanol–water partition coefficient (Wildman–Crippen LogP) is 13.4. The van der Waals surface area contributed by atoms with Crippen LogP contribution in [0.5, 0.6) is 0 Å². The molecule has 0 N–H and O–H groups in total. The highest BCUT2D eigenvalue weighted by Gasteiger charge is 2.21. The Kier molecular flexibility index (Phi) is 6.53. The molecule has 0 aliphatic rings. The van der Waals surface area contributed by atoms with Gasteiger partial charge in [-0.05, 0) is 98.0 Å². The molecule has 1 heterocycles. The summed E-state index contributed by atoms with van der Waals surface area (Å²) < 4.78 is 2.39. The van der Waals surface area contributed by atoms with Gasteiger partial charge in [0.2, 0.25) is 0 Å². The predicted molar refractivity (Wildman–Crippen MR) is 213 cm³/mol. The summed E-state index contributed by atoms with van der Waals surface area (Å²) in [5.41, 5.74) is 9.30. The Hall–Kier alpha value is -6.64. The van der Waals surface area contributed by atoms with E-state index >= 15 is 0 Å². The molecule has 10 aromatic rings. The lowest BCUT2D eigenvalue weighted by molar-refractivity contribution is 1.18. The van der Waals surface area contributed by atoms with E-state index in [0.29, 0.717) is 0 Å². The molecule has 50 heavy (non-hydrogen) atoms. The minimum absolute atomic E-state index is 1.11. The molecule has 9 aromatic carbocycles. The first-order chi connectivity index (χ1) is 24.8. The van der Waals surface area contributed by atoms with E-state index in [1.54, 1.807) is 0 Å². The Morgan fingerprint density at radius 1 is 0.340 bits per heavy atom. The molecule has 0 atom stereocenters. The van der Waals surface area contributed by atoms with Gasteiger partial charge in [-0.1, -0.05) is 140 Å². The van der Waals surface area contributed by atoms with Crippen LogP contribution in [-0.4, -0.2) is 4.57 Å². The SMILES string of the molecule is c1ccc(-c2ccc(N(c3ccc4ccc5ccc6ccccc6c5c4c3)c3cccc4c3c3ccccc3n4-c3ccccc3)cc2)cc1. The number of rotatable bonds is 5.